The van der Waals surface area contributed by atoms with Crippen LogP contribution >= 0.6 is 15.9 Å². The van der Waals surface area contributed by atoms with Gasteiger partial charge in [0.1, 0.15) is 4.90 Å². The Hall–Kier alpha value is -1.86. The van der Waals surface area contributed by atoms with Gasteiger partial charge in [-0.2, -0.15) is 0 Å². The first-order valence-electron chi connectivity index (χ1n) is 6.31. The van der Waals surface area contributed by atoms with Crippen LogP contribution in [0.5, 0.6) is 0 Å². The summed E-state index contributed by atoms with van der Waals surface area (Å²) in [7, 11) is -2.69. The molecule has 0 amide bonds. The number of methoxy groups -OCH3 is 1. The molecular formula is C15H14BrNO4S. The highest BCUT2D eigenvalue weighted by atomic mass is 79.9. The molecule has 0 aliphatic heterocycles. The predicted octanol–water partition coefficient (Wildman–Crippen LogP) is 3.34. The van der Waals surface area contributed by atoms with Gasteiger partial charge in [-0.1, -0.05) is 28.1 Å². The van der Waals surface area contributed by atoms with Crippen LogP contribution in [0.25, 0.3) is 0 Å². The standard InChI is InChI=1S/C15H14BrNO4S/c1-10-9-11(7-8-13(10)16)17-22(19,20)14-6-4-3-5-12(14)15(18)21-2/h3-9,17H,1-2H3. The van der Waals surface area contributed by atoms with Crippen molar-refractivity contribution < 1.29 is 17.9 Å². The lowest BCUT2D eigenvalue weighted by molar-refractivity contribution is 0.0596. The van der Waals surface area contributed by atoms with Crippen molar-refractivity contribution >= 4 is 37.6 Å². The molecule has 22 heavy (non-hydrogen) atoms. The number of esters is 1. The summed E-state index contributed by atoms with van der Waals surface area (Å²) in [6, 6.07) is 11.0. The van der Waals surface area contributed by atoms with Gasteiger partial charge in [-0.15, -0.1) is 0 Å². The van der Waals surface area contributed by atoms with Gasteiger partial charge in [-0.3, -0.25) is 4.72 Å². The van der Waals surface area contributed by atoms with Crippen LogP contribution in [-0.2, 0) is 14.8 Å². The summed E-state index contributed by atoms with van der Waals surface area (Å²) in [6.45, 7) is 1.85. The molecule has 116 valence electrons. The zero-order valence-corrected chi connectivity index (χ0v) is 14.4. The van der Waals surface area contributed by atoms with Gasteiger partial charge in [-0.05, 0) is 42.8 Å². The number of aryl methyl sites for hydroxylation is 1. The minimum atomic E-state index is -3.89. The lowest BCUT2D eigenvalue weighted by atomic mass is 10.2. The number of anilines is 1. The van der Waals surface area contributed by atoms with E-state index in [2.05, 4.69) is 25.4 Å². The SMILES string of the molecule is COC(=O)c1ccccc1S(=O)(=O)Nc1ccc(Br)c(C)c1. The summed E-state index contributed by atoms with van der Waals surface area (Å²) in [5.41, 5.74) is 1.30. The van der Waals surface area contributed by atoms with Gasteiger partial charge in [0.05, 0.1) is 12.7 Å². The molecule has 5 nitrogen and oxygen atoms in total. The first-order valence-corrected chi connectivity index (χ1v) is 8.59. The average molecular weight is 384 g/mol. The molecule has 2 aromatic rings. The maximum absolute atomic E-state index is 12.5. The number of ether oxygens (including phenoxy) is 1. The highest BCUT2D eigenvalue weighted by molar-refractivity contribution is 9.10. The van der Waals surface area contributed by atoms with E-state index in [0.29, 0.717) is 5.69 Å². The molecule has 0 atom stereocenters. The molecule has 0 saturated carbocycles. The van der Waals surface area contributed by atoms with Crippen LogP contribution in [0.15, 0.2) is 51.8 Å². The number of halogens is 1. The van der Waals surface area contributed by atoms with Crippen LogP contribution in [0.3, 0.4) is 0 Å². The largest absolute Gasteiger partial charge is 0.465 e. The van der Waals surface area contributed by atoms with Crippen LogP contribution < -0.4 is 4.72 Å². The van der Waals surface area contributed by atoms with Crippen molar-refractivity contribution in [2.24, 2.45) is 0 Å². The summed E-state index contributed by atoms with van der Waals surface area (Å²) < 4.78 is 33.0. The van der Waals surface area contributed by atoms with Crippen LogP contribution in [-0.4, -0.2) is 21.5 Å². The van der Waals surface area contributed by atoms with Gasteiger partial charge in [0.15, 0.2) is 0 Å². The van der Waals surface area contributed by atoms with Gasteiger partial charge in [0.25, 0.3) is 10.0 Å². The monoisotopic (exact) mass is 383 g/mol. The maximum Gasteiger partial charge on any atom is 0.339 e. The highest BCUT2D eigenvalue weighted by Crippen LogP contribution is 2.24. The Bertz CT molecular complexity index is 818. The highest BCUT2D eigenvalue weighted by Gasteiger charge is 2.22. The van der Waals surface area contributed by atoms with Crippen molar-refractivity contribution in [1.29, 1.82) is 0 Å². The summed E-state index contributed by atoms with van der Waals surface area (Å²) in [4.78, 5) is 11.6. The van der Waals surface area contributed by atoms with Crippen LogP contribution in [0.4, 0.5) is 5.69 Å². The summed E-state index contributed by atoms with van der Waals surface area (Å²) >= 11 is 3.36. The van der Waals surface area contributed by atoms with Crippen LogP contribution in [0.2, 0.25) is 0 Å². The molecule has 0 radical (unpaired) electrons. The number of carbonyl (C=O) groups is 1. The fraction of sp³-hybridized carbons (Fsp3) is 0.133. The Morgan fingerprint density at radius 2 is 1.86 bits per heavy atom. The molecule has 0 saturated heterocycles. The molecular weight excluding hydrogens is 370 g/mol. The summed E-state index contributed by atoms with van der Waals surface area (Å²) in [5, 5.41) is 0. The third-order valence-corrected chi connectivity index (χ3v) is 5.32. The quantitative estimate of drug-likeness (QED) is 0.821. The summed E-state index contributed by atoms with van der Waals surface area (Å²) in [5.74, 6) is -0.701. The van der Waals surface area contributed by atoms with Crippen molar-refractivity contribution in [3.8, 4) is 0 Å². The van der Waals surface area contributed by atoms with E-state index in [-0.39, 0.29) is 10.5 Å². The van der Waals surface area contributed by atoms with Crippen LogP contribution in [0, 0.1) is 6.92 Å². The van der Waals surface area contributed by atoms with E-state index in [9.17, 15) is 13.2 Å². The Labute approximate surface area is 137 Å². The van der Waals surface area contributed by atoms with Crippen LogP contribution in [0.1, 0.15) is 15.9 Å². The van der Waals surface area contributed by atoms with Gasteiger partial charge >= 0.3 is 5.97 Å². The number of rotatable bonds is 4. The normalized spacial score (nSPS) is 11.0. The molecule has 1 N–H and O–H groups in total. The van der Waals surface area contributed by atoms with E-state index in [4.69, 9.17) is 0 Å². The fourth-order valence-electron chi connectivity index (χ4n) is 1.90. The van der Waals surface area contributed by atoms with E-state index in [1.807, 2.05) is 6.92 Å². The Morgan fingerprint density at radius 1 is 1.18 bits per heavy atom. The maximum atomic E-state index is 12.5. The van der Waals surface area contributed by atoms with Gasteiger partial charge in [0, 0.05) is 10.2 Å². The zero-order valence-electron chi connectivity index (χ0n) is 12.0. The van der Waals surface area contributed by atoms with Crippen molar-refractivity contribution in [2.45, 2.75) is 11.8 Å². The van der Waals surface area contributed by atoms with E-state index in [0.717, 1.165) is 10.0 Å². The van der Waals surface area contributed by atoms with Gasteiger partial charge in [-0.25, -0.2) is 13.2 Å². The topological polar surface area (TPSA) is 72.5 Å². The third kappa shape index (κ3) is 3.48. The molecule has 0 aromatic heterocycles. The molecule has 0 aliphatic rings. The van der Waals surface area contributed by atoms with E-state index in [1.54, 1.807) is 30.3 Å². The number of benzene rings is 2. The molecule has 0 heterocycles. The van der Waals surface area contributed by atoms with Crippen molar-refractivity contribution in [1.82, 2.24) is 0 Å². The Kier molecular flexibility index (Phi) is 4.87. The second kappa shape index (κ2) is 6.50. The van der Waals surface area contributed by atoms with Gasteiger partial charge < -0.3 is 4.74 Å². The molecule has 2 aromatic carbocycles. The number of nitrogens with one attached hydrogen (secondary N) is 1. The molecule has 7 heteroatoms. The van der Waals surface area contributed by atoms with Crippen molar-refractivity contribution in [2.75, 3.05) is 11.8 Å². The van der Waals surface area contributed by atoms with Crippen molar-refractivity contribution in [3.05, 3.63) is 58.1 Å². The number of sulfonamides is 1. The van der Waals surface area contributed by atoms with E-state index < -0.39 is 16.0 Å². The molecule has 0 spiro atoms. The van der Waals surface area contributed by atoms with E-state index in [1.165, 1.54) is 19.2 Å². The van der Waals surface area contributed by atoms with E-state index >= 15 is 0 Å². The molecule has 0 bridgehead atoms. The van der Waals surface area contributed by atoms with Gasteiger partial charge in [0.2, 0.25) is 0 Å². The second-order valence-corrected chi connectivity index (χ2v) is 7.06. The molecule has 0 fully saturated rings. The summed E-state index contributed by atoms with van der Waals surface area (Å²) in [6.07, 6.45) is 0. The average Bonchev–Trinajstić information content (AvgIpc) is 2.50. The number of hydrogen-bond donors (Lipinski definition) is 1. The fourth-order valence-corrected chi connectivity index (χ4v) is 3.39. The Morgan fingerprint density at radius 3 is 2.50 bits per heavy atom. The minimum Gasteiger partial charge on any atom is -0.465 e. The first-order chi connectivity index (χ1) is 10.3. The molecule has 0 unspecified atom stereocenters. The minimum absolute atomic E-state index is 0.00802. The third-order valence-electron chi connectivity index (χ3n) is 2.99. The predicted molar refractivity (Wildman–Crippen MR) is 87.5 cm³/mol. The second-order valence-electron chi connectivity index (χ2n) is 4.56. The molecule has 2 rings (SSSR count). The lowest BCUT2D eigenvalue weighted by Crippen LogP contribution is -2.17. The zero-order chi connectivity index (χ0) is 16.3. The number of carbonyl (C=O) groups excluding carboxylic acids is 1. The molecule has 0 aliphatic carbocycles. The van der Waals surface area contributed by atoms with Crippen molar-refractivity contribution in [3.63, 3.8) is 0 Å². The Balaban J connectivity index is 2.43. The smallest absolute Gasteiger partial charge is 0.339 e. The number of hydrogen-bond acceptors (Lipinski definition) is 4. The lowest BCUT2D eigenvalue weighted by Gasteiger charge is -2.12. The first kappa shape index (κ1) is 16.5.